The van der Waals surface area contributed by atoms with Gasteiger partial charge in [-0.25, -0.2) is 0 Å². The van der Waals surface area contributed by atoms with Gasteiger partial charge < -0.3 is 15.2 Å². The summed E-state index contributed by atoms with van der Waals surface area (Å²) in [5.41, 5.74) is 0. The van der Waals surface area contributed by atoms with E-state index in [2.05, 4.69) is 5.32 Å². The van der Waals surface area contributed by atoms with Crippen molar-refractivity contribution >= 4 is 10.1 Å². The number of hydrogen-bond acceptors (Lipinski definition) is 5. The van der Waals surface area contributed by atoms with E-state index in [9.17, 15) is 13.5 Å². The Kier molecular flexibility index (Phi) is 4.27. The Morgan fingerprint density at radius 2 is 2.29 bits per heavy atom. The van der Waals surface area contributed by atoms with Crippen LogP contribution < -0.4 is 5.32 Å². The number of nitrogens with one attached hydrogen (secondary N) is 1. The van der Waals surface area contributed by atoms with Crippen LogP contribution in [0.25, 0.3) is 0 Å². The highest BCUT2D eigenvalue weighted by Crippen LogP contribution is 2.06. The predicted octanol–water partition coefficient (Wildman–Crippen LogP) is -1.39. The lowest BCUT2D eigenvalue weighted by atomic mass is 10.1. The largest absolute Gasteiger partial charge is 0.392 e. The SMILES string of the molecule is O=S(=O)(O)CC(O)CC1CNCCO1. The second-order valence-corrected chi connectivity index (χ2v) is 4.83. The van der Waals surface area contributed by atoms with Crippen molar-refractivity contribution in [3.8, 4) is 0 Å². The van der Waals surface area contributed by atoms with E-state index in [1.807, 2.05) is 0 Å². The van der Waals surface area contributed by atoms with Crippen LogP contribution in [0.1, 0.15) is 6.42 Å². The van der Waals surface area contributed by atoms with Crippen LogP contribution in [0.15, 0.2) is 0 Å². The molecule has 0 radical (unpaired) electrons. The minimum atomic E-state index is -4.10. The molecular formula is C7H15NO5S. The van der Waals surface area contributed by atoms with Crippen molar-refractivity contribution in [1.29, 1.82) is 0 Å². The van der Waals surface area contributed by atoms with Crippen molar-refractivity contribution in [1.82, 2.24) is 5.32 Å². The molecule has 1 aliphatic rings. The maximum Gasteiger partial charge on any atom is 0.267 e. The minimum absolute atomic E-state index is 0.180. The topological polar surface area (TPSA) is 95.9 Å². The fourth-order valence-corrected chi connectivity index (χ4v) is 2.01. The van der Waals surface area contributed by atoms with Crippen molar-refractivity contribution in [2.45, 2.75) is 18.6 Å². The molecule has 0 aromatic rings. The number of aliphatic hydroxyl groups excluding tert-OH is 1. The maximum absolute atomic E-state index is 10.4. The molecule has 1 saturated heterocycles. The summed E-state index contributed by atoms with van der Waals surface area (Å²) in [6, 6.07) is 0. The molecule has 0 amide bonds. The molecule has 2 unspecified atom stereocenters. The summed E-state index contributed by atoms with van der Waals surface area (Å²) in [6.45, 7) is 1.93. The van der Waals surface area contributed by atoms with Crippen LogP contribution in [0.3, 0.4) is 0 Å². The van der Waals surface area contributed by atoms with E-state index in [1.54, 1.807) is 0 Å². The molecular weight excluding hydrogens is 210 g/mol. The summed E-state index contributed by atoms with van der Waals surface area (Å²) in [4.78, 5) is 0. The van der Waals surface area contributed by atoms with Gasteiger partial charge in [0.05, 0.1) is 18.8 Å². The summed E-state index contributed by atoms with van der Waals surface area (Å²) in [7, 11) is -4.10. The van der Waals surface area contributed by atoms with Crippen LogP contribution in [0.2, 0.25) is 0 Å². The first-order valence-electron chi connectivity index (χ1n) is 4.43. The monoisotopic (exact) mass is 225 g/mol. The molecule has 1 heterocycles. The van der Waals surface area contributed by atoms with Crippen molar-refractivity contribution in [3.05, 3.63) is 0 Å². The molecule has 6 nitrogen and oxygen atoms in total. The van der Waals surface area contributed by atoms with Gasteiger partial charge in [0.25, 0.3) is 10.1 Å². The molecule has 0 aromatic carbocycles. The van der Waals surface area contributed by atoms with Gasteiger partial charge in [0, 0.05) is 19.5 Å². The zero-order valence-electron chi connectivity index (χ0n) is 7.72. The van der Waals surface area contributed by atoms with Crippen molar-refractivity contribution in [2.24, 2.45) is 0 Å². The maximum atomic E-state index is 10.4. The summed E-state index contributed by atoms with van der Waals surface area (Å²) < 4.78 is 34.6. The van der Waals surface area contributed by atoms with Crippen molar-refractivity contribution < 1.29 is 22.8 Å². The van der Waals surface area contributed by atoms with Crippen LogP contribution in [0.4, 0.5) is 0 Å². The Hall–Kier alpha value is -0.210. The highest BCUT2D eigenvalue weighted by atomic mass is 32.2. The molecule has 0 aromatic heterocycles. The fourth-order valence-electron chi connectivity index (χ4n) is 1.39. The molecule has 0 bridgehead atoms. The van der Waals surface area contributed by atoms with Crippen LogP contribution in [0.5, 0.6) is 0 Å². The number of morpholine rings is 1. The third-order valence-corrected chi connectivity index (χ3v) is 2.75. The molecule has 0 spiro atoms. The first-order valence-corrected chi connectivity index (χ1v) is 6.04. The van der Waals surface area contributed by atoms with E-state index in [0.29, 0.717) is 13.2 Å². The number of rotatable bonds is 4. The lowest BCUT2D eigenvalue weighted by Crippen LogP contribution is -2.41. The quantitative estimate of drug-likeness (QED) is 0.510. The first kappa shape index (κ1) is 11.9. The normalized spacial score (nSPS) is 26.0. The van der Waals surface area contributed by atoms with Gasteiger partial charge in [-0.05, 0) is 0 Å². The first-order chi connectivity index (χ1) is 6.47. The van der Waals surface area contributed by atoms with Gasteiger partial charge in [0.2, 0.25) is 0 Å². The number of ether oxygens (including phenoxy) is 1. The van der Waals surface area contributed by atoms with Gasteiger partial charge in [0.15, 0.2) is 0 Å². The van der Waals surface area contributed by atoms with Crippen molar-refractivity contribution in [3.63, 3.8) is 0 Å². The zero-order chi connectivity index (χ0) is 10.6. The molecule has 2 atom stereocenters. The standard InChI is InChI=1S/C7H15NO5S/c9-6(5-14(10,11)12)3-7-4-8-1-2-13-7/h6-9H,1-5H2,(H,10,11,12). The summed E-state index contributed by atoms with van der Waals surface area (Å²) in [6.07, 6.45) is -1.04. The summed E-state index contributed by atoms with van der Waals surface area (Å²) in [5.74, 6) is -0.632. The van der Waals surface area contributed by atoms with Gasteiger partial charge in [-0.1, -0.05) is 0 Å². The second kappa shape index (κ2) is 5.04. The molecule has 0 aliphatic carbocycles. The molecule has 0 saturated carbocycles. The minimum Gasteiger partial charge on any atom is -0.392 e. The summed E-state index contributed by atoms with van der Waals surface area (Å²) >= 11 is 0. The lowest BCUT2D eigenvalue weighted by molar-refractivity contribution is -0.000485. The molecule has 7 heteroatoms. The van der Waals surface area contributed by atoms with E-state index >= 15 is 0 Å². The fraction of sp³-hybridized carbons (Fsp3) is 1.00. The van der Waals surface area contributed by atoms with Crippen LogP contribution in [0, 0.1) is 0 Å². The Labute approximate surface area is 83.0 Å². The van der Waals surface area contributed by atoms with Crippen LogP contribution in [-0.4, -0.2) is 55.7 Å². The smallest absolute Gasteiger partial charge is 0.267 e. The summed E-state index contributed by atoms with van der Waals surface area (Å²) in [5, 5.41) is 12.3. The third-order valence-electron chi connectivity index (χ3n) is 1.94. The highest BCUT2D eigenvalue weighted by molar-refractivity contribution is 7.85. The molecule has 1 fully saturated rings. The van der Waals surface area contributed by atoms with Crippen molar-refractivity contribution in [2.75, 3.05) is 25.4 Å². The second-order valence-electron chi connectivity index (χ2n) is 3.34. The Morgan fingerprint density at radius 1 is 1.57 bits per heavy atom. The molecule has 1 aliphatic heterocycles. The highest BCUT2D eigenvalue weighted by Gasteiger charge is 2.21. The Bertz CT molecular complexity index is 259. The zero-order valence-corrected chi connectivity index (χ0v) is 8.53. The third kappa shape index (κ3) is 4.87. The van der Waals surface area contributed by atoms with Gasteiger partial charge >= 0.3 is 0 Å². The lowest BCUT2D eigenvalue weighted by Gasteiger charge is -2.25. The van der Waals surface area contributed by atoms with E-state index in [4.69, 9.17) is 9.29 Å². The van der Waals surface area contributed by atoms with Crippen LogP contribution >= 0.6 is 0 Å². The average Bonchev–Trinajstić information content (AvgIpc) is 2.02. The Morgan fingerprint density at radius 3 is 2.79 bits per heavy atom. The number of aliphatic hydroxyl groups is 1. The molecule has 84 valence electrons. The van der Waals surface area contributed by atoms with Gasteiger partial charge in [-0.15, -0.1) is 0 Å². The average molecular weight is 225 g/mol. The van der Waals surface area contributed by atoms with E-state index < -0.39 is 22.0 Å². The molecule has 14 heavy (non-hydrogen) atoms. The van der Waals surface area contributed by atoms with E-state index in [0.717, 1.165) is 6.54 Å². The van der Waals surface area contributed by atoms with E-state index in [1.165, 1.54) is 0 Å². The molecule has 1 rings (SSSR count). The van der Waals surface area contributed by atoms with Gasteiger partial charge in [0.1, 0.15) is 5.75 Å². The molecule has 3 N–H and O–H groups in total. The number of hydrogen-bond donors (Lipinski definition) is 3. The van der Waals surface area contributed by atoms with Gasteiger partial charge in [-0.2, -0.15) is 8.42 Å². The Balaban J connectivity index is 2.28. The van der Waals surface area contributed by atoms with E-state index in [-0.39, 0.29) is 12.5 Å². The predicted molar refractivity (Wildman–Crippen MR) is 49.6 cm³/mol. The van der Waals surface area contributed by atoms with Gasteiger partial charge in [-0.3, -0.25) is 4.55 Å². The van der Waals surface area contributed by atoms with Crippen LogP contribution in [-0.2, 0) is 14.9 Å².